The average molecular weight is 400 g/mol. The second kappa shape index (κ2) is 9.66. The van der Waals surface area contributed by atoms with Crippen LogP contribution in [0.5, 0.6) is 5.75 Å². The molecule has 1 aromatic rings. The van der Waals surface area contributed by atoms with Crippen LogP contribution in [0.15, 0.2) is 27.8 Å². The Bertz CT molecular complexity index is 648. The molecule has 0 fully saturated rings. The minimum Gasteiger partial charge on any atom is -0.481 e. The van der Waals surface area contributed by atoms with E-state index in [1.165, 1.54) is 6.21 Å². The minimum absolute atomic E-state index is 0.117. The summed E-state index contributed by atoms with van der Waals surface area (Å²) < 4.78 is 5.84. The van der Waals surface area contributed by atoms with E-state index in [4.69, 9.17) is 9.84 Å². The van der Waals surface area contributed by atoms with E-state index in [2.05, 4.69) is 31.8 Å². The van der Waals surface area contributed by atoms with Crippen LogP contribution in [-0.4, -0.2) is 41.8 Å². The molecule has 0 aliphatic rings. The van der Waals surface area contributed by atoms with E-state index in [9.17, 15) is 14.4 Å². The van der Waals surface area contributed by atoms with Gasteiger partial charge in [-0.1, -0.05) is 22.9 Å². The number of carbonyl (C=O) groups excluding carboxylic acids is 2. The van der Waals surface area contributed by atoms with Crippen LogP contribution >= 0.6 is 15.9 Å². The largest absolute Gasteiger partial charge is 0.481 e. The molecular formula is C15H18BrN3O5. The molecule has 0 aliphatic heterocycles. The lowest BCUT2D eigenvalue weighted by molar-refractivity contribution is -0.139. The first-order chi connectivity index (χ1) is 11.3. The van der Waals surface area contributed by atoms with Gasteiger partial charge in [0.1, 0.15) is 5.75 Å². The molecule has 1 rings (SSSR count). The monoisotopic (exact) mass is 399 g/mol. The predicted octanol–water partition coefficient (Wildman–Crippen LogP) is 1.28. The number of carboxylic acid groups (broad SMARTS) is 1. The summed E-state index contributed by atoms with van der Waals surface area (Å²) in [6.45, 7) is 3.15. The minimum atomic E-state index is -1.11. The second-order valence-corrected chi connectivity index (χ2v) is 5.76. The number of hydrogen-bond acceptors (Lipinski definition) is 5. The highest BCUT2D eigenvalue weighted by Gasteiger charge is 2.14. The summed E-state index contributed by atoms with van der Waals surface area (Å²) in [5.74, 6) is -2.51. The van der Waals surface area contributed by atoms with Gasteiger partial charge >= 0.3 is 17.8 Å². The lowest BCUT2D eigenvalue weighted by Crippen LogP contribution is -2.41. The fourth-order valence-corrected chi connectivity index (χ4v) is 1.87. The number of carboxylic acids is 1. The Kier molecular flexibility index (Phi) is 7.90. The smallest absolute Gasteiger partial charge is 0.341 e. The molecule has 0 saturated carbocycles. The highest BCUT2D eigenvalue weighted by Crippen LogP contribution is 2.21. The number of nitrogens with one attached hydrogen (secondary N) is 2. The number of benzene rings is 1. The Morgan fingerprint density at radius 2 is 2.08 bits per heavy atom. The van der Waals surface area contributed by atoms with Gasteiger partial charge in [-0.05, 0) is 31.5 Å². The highest BCUT2D eigenvalue weighted by molar-refractivity contribution is 9.10. The molecule has 0 radical (unpaired) electrons. The molecule has 130 valence electrons. The Labute approximate surface area is 147 Å². The van der Waals surface area contributed by atoms with E-state index < -0.39 is 24.4 Å². The van der Waals surface area contributed by atoms with Gasteiger partial charge in [-0.15, -0.1) is 0 Å². The third-order valence-corrected chi connectivity index (χ3v) is 3.38. The number of halogens is 1. The van der Waals surface area contributed by atoms with Crippen LogP contribution in [0.4, 0.5) is 0 Å². The standard InChI is InChI=1S/C15H18BrN3O5/c1-3-9(2)18-14(22)15(23)19-17-7-10-6-11(16)4-5-12(10)24-8-13(20)21/h4-7,9H,3,8H2,1-2H3,(H,18,22)(H,19,23)(H,20,21)/b17-7-/t9-/m1/s1. The summed E-state index contributed by atoms with van der Waals surface area (Å²) in [5.41, 5.74) is 2.54. The first kappa shape index (κ1) is 19.6. The summed E-state index contributed by atoms with van der Waals surface area (Å²) in [6, 6.07) is 4.75. The number of nitrogens with zero attached hydrogens (tertiary/aromatic N) is 1. The molecule has 0 heterocycles. The van der Waals surface area contributed by atoms with E-state index >= 15 is 0 Å². The maximum absolute atomic E-state index is 11.6. The van der Waals surface area contributed by atoms with Gasteiger partial charge < -0.3 is 15.2 Å². The first-order valence-corrected chi connectivity index (χ1v) is 7.90. The number of carbonyl (C=O) groups is 3. The SMILES string of the molecule is CC[C@@H](C)NC(=O)C(=O)N/N=C\c1cc(Br)ccc1OCC(=O)O. The molecule has 1 aromatic carbocycles. The maximum atomic E-state index is 11.6. The summed E-state index contributed by atoms with van der Waals surface area (Å²) in [7, 11) is 0. The number of ether oxygens (including phenoxy) is 1. The topological polar surface area (TPSA) is 117 Å². The summed E-state index contributed by atoms with van der Waals surface area (Å²) in [6.07, 6.45) is 1.96. The Morgan fingerprint density at radius 3 is 2.71 bits per heavy atom. The van der Waals surface area contributed by atoms with Crippen LogP contribution in [0.3, 0.4) is 0 Å². The zero-order valence-corrected chi connectivity index (χ0v) is 14.8. The lowest BCUT2D eigenvalue weighted by atomic mass is 10.2. The van der Waals surface area contributed by atoms with Crippen molar-refractivity contribution in [3.8, 4) is 5.75 Å². The fourth-order valence-electron chi connectivity index (χ4n) is 1.49. The lowest BCUT2D eigenvalue weighted by Gasteiger charge is -2.10. The van der Waals surface area contributed by atoms with Crippen molar-refractivity contribution >= 4 is 39.9 Å². The van der Waals surface area contributed by atoms with Crippen molar-refractivity contribution in [2.24, 2.45) is 5.10 Å². The van der Waals surface area contributed by atoms with Gasteiger partial charge in [0, 0.05) is 16.1 Å². The molecule has 3 N–H and O–H groups in total. The molecule has 2 amide bonds. The van der Waals surface area contributed by atoms with Crippen LogP contribution in [0.25, 0.3) is 0 Å². The van der Waals surface area contributed by atoms with Crippen molar-refractivity contribution in [3.63, 3.8) is 0 Å². The van der Waals surface area contributed by atoms with Gasteiger partial charge in [0.15, 0.2) is 6.61 Å². The third kappa shape index (κ3) is 6.78. The van der Waals surface area contributed by atoms with Gasteiger partial charge in [-0.25, -0.2) is 10.2 Å². The van der Waals surface area contributed by atoms with Crippen molar-refractivity contribution in [1.82, 2.24) is 10.7 Å². The van der Waals surface area contributed by atoms with Crippen LogP contribution in [0, 0.1) is 0 Å². The van der Waals surface area contributed by atoms with Gasteiger partial charge in [-0.2, -0.15) is 5.10 Å². The molecule has 0 unspecified atom stereocenters. The molecular weight excluding hydrogens is 382 g/mol. The molecule has 0 spiro atoms. The summed E-state index contributed by atoms with van der Waals surface area (Å²) in [4.78, 5) is 33.7. The number of hydrazone groups is 1. The zero-order chi connectivity index (χ0) is 18.1. The zero-order valence-electron chi connectivity index (χ0n) is 13.2. The molecule has 24 heavy (non-hydrogen) atoms. The first-order valence-electron chi connectivity index (χ1n) is 7.11. The maximum Gasteiger partial charge on any atom is 0.341 e. The van der Waals surface area contributed by atoms with Crippen molar-refractivity contribution in [1.29, 1.82) is 0 Å². The fraction of sp³-hybridized carbons (Fsp3) is 0.333. The quantitative estimate of drug-likeness (QED) is 0.362. The van der Waals surface area contributed by atoms with Crippen molar-refractivity contribution in [3.05, 3.63) is 28.2 Å². The number of hydrogen-bond donors (Lipinski definition) is 3. The molecule has 1 atom stereocenters. The highest BCUT2D eigenvalue weighted by atomic mass is 79.9. The summed E-state index contributed by atoms with van der Waals surface area (Å²) >= 11 is 3.27. The van der Waals surface area contributed by atoms with Crippen LogP contribution in [0.1, 0.15) is 25.8 Å². The third-order valence-electron chi connectivity index (χ3n) is 2.89. The van der Waals surface area contributed by atoms with E-state index in [0.29, 0.717) is 16.5 Å². The number of rotatable bonds is 7. The number of amides is 2. The number of aliphatic carboxylic acids is 1. The Hall–Kier alpha value is -2.42. The molecule has 0 bridgehead atoms. The van der Waals surface area contributed by atoms with E-state index in [0.717, 1.165) is 0 Å². The molecule has 0 saturated heterocycles. The van der Waals surface area contributed by atoms with Crippen molar-refractivity contribution in [2.75, 3.05) is 6.61 Å². The van der Waals surface area contributed by atoms with E-state index in [-0.39, 0.29) is 11.8 Å². The second-order valence-electron chi connectivity index (χ2n) is 4.85. The van der Waals surface area contributed by atoms with Gasteiger partial charge in [0.05, 0.1) is 6.21 Å². The van der Waals surface area contributed by atoms with Gasteiger partial charge in [-0.3, -0.25) is 9.59 Å². The van der Waals surface area contributed by atoms with E-state index in [1.807, 2.05) is 6.92 Å². The average Bonchev–Trinajstić information content (AvgIpc) is 2.53. The van der Waals surface area contributed by atoms with E-state index in [1.54, 1.807) is 25.1 Å². The normalized spacial score (nSPS) is 11.8. The van der Waals surface area contributed by atoms with Crippen LogP contribution in [-0.2, 0) is 14.4 Å². The molecule has 0 aliphatic carbocycles. The molecule has 9 heteroatoms. The summed E-state index contributed by atoms with van der Waals surface area (Å²) in [5, 5.41) is 14.9. The van der Waals surface area contributed by atoms with Crippen LogP contribution in [0.2, 0.25) is 0 Å². The van der Waals surface area contributed by atoms with Gasteiger partial charge in [0.2, 0.25) is 0 Å². The van der Waals surface area contributed by atoms with Gasteiger partial charge in [0.25, 0.3) is 0 Å². The predicted molar refractivity (Wildman–Crippen MR) is 90.9 cm³/mol. The Balaban J connectivity index is 2.72. The molecule has 8 nitrogen and oxygen atoms in total. The van der Waals surface area contributed by atoms with Crippen molar-refractivity contribution < 1.29 is 24.2 Å². The van der Waals surface area contributed by atoms with Crippen LogP contribution < -0.4 is 15.5 Å². The molecule has 0 aromatic heterocycles. The van der Waals surface area contributed by atoms with Crippen molar-refractivity contribution in [2.45, 2.75) is 26.3 Å². The Morgan fingerprint density at radius 1 is 1.38 bits per heavy atom.